The van der Waals surface area contributed by atoms with Crippen LogP contribution in [0.25, 0.3) is 11.3 Å². The summed E-state index contributed by atoms with van der Waals surface area (Å²) in [6.07, 6.45) is 1.97. The summed E-state index contributed by atoms with van der Waals surface area (Å²) >= 11 is 0. The molecule has 2 amide bonds. The maximum atomic E-state index is 12.8. The molecule has 2 heterocycles. The number of pyridine rings is 1. The van der Waals surface area contributed by atoms with E-state index in [4.69, 9.17) is 10.7 Å². The number of benzene rings is 2. The van der Waals surface area contributed by atoms with Gasteiger partial charge in [0.05, 0.1) is 5.69 Å². The van der Waals surface area contributed by atoms with Gasteiger partial charge < -0.3 is 10.6 Å². The van der Waals surface area contributed by atoms with Crippen LogP contribution in [-0.4, -0.2) is 34.8 Å². The number of rotatable bonds is 4. The van der Waals surface area contributed by atoms with Crippen molar-refractivity contribution >= 4 is 11.8 Å². The van der Waals surface area contributed by atoms with Crippen LogP contribution in [0.15, 0.2) is 72.8 Å². The van der Waals surface area contributed by atoms with Gasteiger partial charge in [0.25, 0.3) is 5.91 Å². The highest BCUT2D eigenvalue weighted by Gasteiger charge is 2.26. The van der Waals surface area contributed by atoms with Gasteiger partial charge in [0, 0.05) is 41.4 Å². The molecule has 146 valence electrons. The van der Waals surface area contributed by atoms with Crippen LogP contribution in [0, 0.1) is 0 Å². The zero-order valence-corrected chi connectivity index (χ0v) is 16.1. The molecule has 1 aliphatic rings. The van der Waals surface area contributed by atoms with E-state index in [1.54, 1.807) is 12.1 Å². The first-order chi connectivity index (χ1) is 14.1. The predicted octanol–water partition coefficient (Wildman–Crippen LogP) is 3.87. The number of amides is 2. The third kappa shape index (κ3) is 4.19. The Labute approximate surface area is 170 Å². The maximum Gasteiger partial charge on any atom is 0.253 e. The van der Waals surface area contributed by atoms with Crippen molar-refractivity contribution in [3.63, 3.8) is 0 Å². The molecule has 3 aromatic rings. The second-order valence-electron chi connectivity index (χ2n) is 7.35. The van der Waals surface area contributed by atoms with E-state index in [-0.39, 0.29) is 11.8 Å². The fraction of sp³-hybridized carbons (Fsp3) is 0.208. The van der Waals surface area contributed by atoms with Gasteiger partial charge in [-0.3, -0.25) is 14.6 Å². The van der Waals surface area contributed by atoms with Gasteiger partial charge in [0.15, 0.2) is 0 Å². The van der Waals surface area contributed by atoms with Gasteiger partial charge in [-0.2, -0.15) is 0 Å². The van der Waals surface area contributed by atoms with Gasteiger partial charge >= 0.3 is 0 Å². The third-order valence-corrected chi connectivity index (χ3v) is 5.38. The summed E-state index contributed by atoms with van der Waals surface area (Å²) in [6.45, 7) is 1.45. The van der Waals surface area contributed by atoms with Gasteiger partial charge in [0.1, 0.15) is 0 Å². The number of hydrogen-bond acceptors (Lipinski definition) is 3. The lowest BCUT2D eigenvalue weighted by molar-refractivity contribution is 0.0705. The normalized spacial score (nSPS) is 16.4. The molecule has 0 spiro atoms. The highest BCUT2D eigenvalue weighted by molar-refractivity contribution is 5.94. The number of primary amides is 1. The Hall–Kier alpha value is -3.47. The fourth-order valence-corrected chi connectivity index (χ4v) is 3.81. The van der Waals surface area contributed by atoms with E-state index in [0.29, 0.717) is 12.1 Å². The molecule has 1 aliphatic heterocycles. The Morgan fingerprint density at radius 2 is 1.66 bits per heavy atom. The molecule has 0 radical (unpaired) electrons. The van der Waals surface area contributed by atoms with E-state index in [2.05, 4.69) is 0 Å². The molecule has 1 aromatic heterocycles. The molecule has 4 rings (SSSR count). The Bertz CT molecular complexity index is 1020. The number of hydrogen-bond donors (Lipinski definition) is 1. The van der Waals surface area contributed by atoms with Crippen LogP contribution < -0.4 is 5.73 Å². The van der Waals surface area contributed by atoms with E-state index >= 15 is 0 Å². The number of nitrogens with zero attached hydrogens (tertiary/aromatic N) is 2. The van der Waals surface area contributed by atoms with Crippen LogP contribution in [0.2, 0.25) is 0 Å². The van der Waals surface area contributed by atoms with Crippen molar-refractivity contribution in [2.45, 2.75) is 18.8 Å². The minimum absolute atomic E-state index is 0.0773. The second kappa shape index (κ2) is 8.27. The monoisotopic (exact) mass is 385 g/mol. The summed E-state index contributed by atoms with van der Waals surface area (Å²) in [5, 5.41) is 0. The maximum absolute atomic E-state index is 12.8. The van der Waals surface area contributed by atoms with E-state index in [9.17, 15) is 9.59 Å². The summed E-state index contributed by atoms with van der Waals surface area (Å²) in [5.74, 6) is -0.154. The summed E-state index contributed by atoms with van der Waals surface area (Å²) in [6, 6.07) is 22.6. The summed E-state index contributed by atoms with van der Waals surface area (Å²) in [4.78, 5) is 30.9. The molecule has 0 saturated carbocycles. The number of carbonyl (C=O) groups excluding carboxylic acids is 2. The Kier molecular flexibility index (Phi) is 5.38. The zero-order valence-electron chi connectivity index (χ0n) is 16.1. The van der Waals surface area contributed by atoms with Crippen LogP contribution >= 0.6 is 0 Å². The van der Waals surface area contributed by atoms with Crippen molar-refractivity contribution in [3.8, 4) is 11.3 Å². The predicted molar refractivity (Wildman–Crippen MR) is 113 cm³/mol. The SMILES string of the molecule is NC(=O)c1ccc(-c2cccc(C3CCCN(C(=O)c4ccccc4)C3)n2)cc1. The van der Waals surface area contributed by atoms with Crippen LogP contribution in [0.1, 0.15) is 45.2 Å². The van der Waals surface area contributed by atoms with Crippen molar-refractivity contribution in [2.24, 2.45) is 5.73 Å². The lowest BCUT2D eigenvalue weighted by Crippen LogP contribution is -2.39. The molecule has 0 aliphatic carbocycles. The van der Waals surface area contributed by atoms with Gasteiger partial charge in [-0.25, -0.2) is 0 Å². The molecule has 1 atom stereocenters. The Morgan fingerprint density at radius 3 is 2.38 bits per heavy atom. The van der Waals surface area contributed by atoms with Crippen molar-refractivity contribution in [1.82, 2.24) is 9.88 Å². The Morgan fingerprint density at radius 1 is 0.897 bits per heavy atom. The molecule has 1 fully saturated rings. The molecule has 0 bridgehead atoms. The molecular formula is C24H23N3O2. The minimum Gasteiger partial charge on any atom is -0.366 e. The number of nitrogens with two attached hydrogens (primary N) is 1. The van der Waals surface area contributed by atoms with Gasteiger partial charge in [-0.05, 0) is 49.2 Å². The first-order valence-electron chi connectivity index (χ1n) is 9.83. The van der Waals surface area contributed by atoms with Crippen LogP contribution in [0.3, 0.4) is 0 Å². The number of likely N-dealkylation sites (tertiary alicyclic amines) is 1. The summed E-state index contributed by atoms with van der Waals surface area (Å²) < 4.78 is 0. The standard InChI is InChI=1S/C24H23N3O2/c25-23(28)18-13-11-17(12-14-18)21-9-4-10-22(26-21)20-8-5-15-27(16-20)24(29)19-6-2-1-3-7-19/h1-4,6-7,9-14,20H,5,8,15-16H2,(H2,25,28). The van der Waals surface area contributed by atoms with Crippen molar-refractivity contribution in [3.05, 3.63) is 89.6 Å². The summed E-state index contributed by atoms with van der Waals surface area (Å²) in [5.41, 5.74) is 9.30. The van der Waals surface area contributed by atoms with Crippen molar-refractivity contribution < 1.29 is 9.59 Å². The molecule has 5 heteroatoms. The molecule has 1 saturated heterocycles. The number of piperidine rings is 1. The van der Waals surface area contributed by atoms with Crippen LogP contribution in [0.4, 0.5) is 0 Å². The van der Waals surface area contributed by atoms with Gasteiger partial charge in [-0.1, -0.05) is 36.4 Å². The molecule has 2 N–H and O–H groups in total. The van der Waals surface area contributed by atoms with E-state index in [1.807, 2.05) is 65.6 Å². The van der Waals surface area contributed by atoms with E-state index in [0.717, 1.165) is 41.9 Å². The topological polar surface area (TPSA) is 76.3 Å². The lowest BCUT2D eigenvalue weighted by Gasteiger charge is -2.32. The third-order valence-electron chi connectivity index (χ3n) is 5.38. The molecule has 2 aromatic carbocycles. The smallest absolute Gasteiger partial charge is 0.253 e. The largest absolute Gasteiger partial charge is 0.366 e. The highest BCUT2D eigenvalue weighted by Crippen LogP contribution is 2.28. The number of carbonyl (C=O) groups is 2. The second-order valence-corrected chi connectivity index (χ2v) is 7.35. The molecule has 5 nitrogen and oxygen atoms in total. The molecular weight excluding hydrogens is 362 g/mol. The highest BCUT2D eigenvalue weighted by atomic mass is 16.2. The summed E-state index contributed by atoms with van der Waals surface area (Å²) in [7, 11) is 0. The van der Waals surface area contributed by atoms with Gasteiger partial charge in [0.2, 0.25) is 5.91 Å². The van der Waals surface area contributed by atoms with Gasteiger partial charge in [-0.15, -0.1) is 0 Å². The van der Waals surface area contributed by atoms with Crippen LogP contribution in [0.5, 0.6) is 0 Å². The first kappa shape index (κ1) is 18.9. The fourth-order valence-electron chi connectivity index (χ4n) is 3.81. The Balaban J connectivity index is 1.53. The average molecular weight is 385 g/mol. The average Bonchev–Trinajstić information content (AvgIpc) is 2.79. The lowest BCUT2D eigenvalue weighted by atomic mass is 9.93. The van der Waals surface area contributed by atoms with E-state index < -0.39 is 5.91 Å². The van der Waals surface area contributed by atoms with Crippen molar-refractivity contribution in [1.29, 1.82) is 0 Å². The zero-order chi connectivity index (χ0) is 20.2. The number of aromatic nitrogens is 1. The van der Waals surface area contributed by atoms with E-state index in [1.165, 1.54) is 0 Å². The minimum atomic E-state index is -0.441. The molecule has 1 unspecified atom stereocenters. The molecule has 29 heavy (non-hydrogen) atoms. The first-order valence-corrected chi connectivity index (χ1v) is 9.83. The van der Waals surface area contributed by atoms with Crippen LogP contribution in [-0.2, 0) is 0 Å². The quantitative estimate of drug-likeness (QED) is 0.741. The van der Waals surface area contributed by atoms with Crippen molar-refractivity contribution in [2.75, 3.05) is 13.1 Å².